The monoisotopic (exact) mass is 673 g/mol. The highest BCUT2D eigenvalue weighted by Crippen LogP contribution is 2.28. The molecule has 3 heterocycles. The second-order valence-corrected chi connectivity index (χ2v) is 11.4. The van der Waals surface area contributed by atoms with Gasteiger partial charge in [-0.3, -0.25) is 0 Å². The third-order valence-electron chi connectivity index (χ3n) is 7.05. The summed E-state index contributed by atoms with van der Waals surface area (Å²) in [5, 5.41) is 76.9. The minimum absolute atomic E-state index is 0.0712. The fourth-order valence-corrected chi connectivity index (χ4v) is 5.49. The summed E-state index contributed by atoms with van der Waals surface area (Å²) in [6.45, 7) is 3.12. The lowest BCUT2D eigenvalue weighted by molar-refractivity contribution is -0.292. The van der Waals surface area contributed by atoms with Crippen LogP contribution in [0.1, 0.15) is 5.69 Å². The van der Waals surface area contributed by atoms with Gasteiger partial charge in [0.1, 0.15) is 54.3 Å². The normalized spacial score (nSPS) is 32.3. The Kier molecular flexibility index (Phi) is 17.9. The third-order valence-corrected chi connectivity index (χ3v) is 8.17. The van der Waals surface area contributed by atoms with Gasteiger partial charge in [0, 0.05) is 12.9 Å². The number of nitrogens with zero attached hydrogens (tertiary/aromatic N) is 3. The zero-order valence-electron chi connectivity index (χ0n) is 25.2. The van der Waals surface area contributed by atoms with Crippen molar-refractivity contribution in [2.45, 2.75) is 73.7 Å². The summed E-state index contributed by atoms with van der Waals surface area (Å²) in [6.07, 6.45) is -9.50. The van der Waals surface area contributed by atoms with Crippen molar-refractivity contribution < 1.29 is 73.6 Å². The lowest BCUT2D eigenvalue weighted by atomic mass is 9.99. The number of hydrogen-bond acceptors (Lipinski definition) is 18. The molecule has 2 saturated heterocycles. The first-order valence-corrected chi connectivity index (χ1v) is 15.7. The maximum absolute atomic E-state index is 10.3. The largest absolute Gasteiger partial charge is 0.394 e. The molecule has 10 atom stereocenters. The molecule has 2 fully saturated rings. The second kappa shape index (κ2) is 21.0. The summed E-state index contributed by atoms with van der Waals surface area (Å²) in [7, 11) is 1.33. The molecular weight excluding hydrogens is 626 g/mol. The summed E-state index contributed by atoms with van der Waals surface area (Å²) in [6, 6.07) is 0. The Labute approximate surface area is 265 Å². The maximum Gasteiger partial charge on any atom is 0.186 e. The van der Waals surface area contributed by atoms with Crippen LogP contribution in [-0.2, 0) is 51.0 Å². The van der Waals surface area contributed by atoms with Crippen molar-refractivity contribution in [3.63, 3.8) is 0 Å². The zero-order valence-corrected chi connectivity index (χ0v) is 26.0. The highest BCUT2D eigenvalue weighted by atomic mass is 32.2. The lowest BCUT2D eigenvalue weighted by Crippen LogP contribution is -2.59. The van der Waals surface area contributed by atoms with Gasteiger partial charge in [-0.25, -0.2) is 4.68 Å². The minimum Gasteiger partial charge on any atom is -0.394 e. The molecule has 1 aromatic heterocycles. The fraction of sp³-hybridized carbons (Fsp3) is 0.923. The van der Waals surface area contributed by atoms with Crippen LogP contribution < -0.4 is 0 Å². The van der Waals surface area contributed by atoms with Crippen LogP contribution in [0.3, 0.4) is 0 Å². The molecule has 3 rings (SSSR count). The van der Waals surface area contributed by atoms with Crippen LogP contribution in [0.15, 0.2) is 6.20 Å². The van der Waals surface area contributed by atoms with E-state index in [9.17, 15) is 35.7 Å². The smallest absolute Gasteiger partial charge is 0.186 e. The Morgan fingerprint density at radius 3 is 1.87 bits per heavy atom. The van der Waals surface area contributed by atoms with Gasteiger partial charge >= 0.3 is 0 Å². The van der Waals surface area contributed by atoms with Crippen LogP contribution in [0.2, 0.25) is 0 Å². The molecular formula is C26H47N3O15S. The zero-order chi connectivity index (χ0) is 32.6. The van der Waals surface area contributed by atoms with Gasteiger partial charge in [-0.05, 0) is 0 Å². The molecule has 0 bridgehead atoms. The molecule has 0 spiro atoms. The maximum atomic E-state index is 10.3. The standard InChI is InChI=1S/C26H47N3O15S/c1-37-25-23(35)21(33)19(31)17(43-25)13-29-16(12-27-28-29)15-42-9-8-40-5-4-38-2-3-39-6-7-41-10-11-45-26-24(36)22(34)20(32)18(14-30)44-26/h12,17-26,30-36H,2-11,13-15H2,1H3/t17-,18-,19-,20+,21+,22+,23-,24-,25+,26+/m1/s1. The van der Waals surface area contributed by atoms with Crippen LogP contribution in [0.25, 0.3) is 0 Å². The van der Waals surface area contributed by atoms with Crippen LogP contribution in [0.4, 0.5) is 0 Å². The summed E-state index contributed by atoms with van der Waals surface area (Å²) in [4.78, 5) is 0. The molecule has 1 aromatic rings. The quantitative estimate of drug-likeness (QED) is 0.0577. The van der Waals surface area contributed by atoms with E-state index in [0.717, 1.165) is 0 Å². The van der Waals surface area contributed by atoms with E-state index in [4.69, 9.17) is 37.9 Å². The Balaban J connectivity index is 1.11. The van der Waals surface area contributed by atoms with Gasteiger partial charge in [-0.1, -0.05) is 5.21 Å². The predicted octanol–water partition coefficient (Wildman–Crippen LogP) is -4.15. The number of ether oxygens (including phenoxy) is 8. The van der Waals surface area contributed by atoms with E-state index >= 15 is 0 Å². The van der Waals surface area contributed by atoms with Crippen molar-refractivity contribution in [1.82, 2.24) is 15.0 Å². The molecule has 0 unspecified atom stereocenters. The van der Waals surface area contributed by atoms with Gasteiger partial charge < -0.3 is 73.6 Å². The first-order valence-electron chi connectivity index (χ1n) is 14.7. The summed E-state index contributed by atoms with van der Waals surface area (Å²) in [5.41, 5.74) is -0.146. The molecule has 0 saturated carbocycles. The molecule has 45 heavy (non-hydrogen) atoms. The SMILES string of the molecule is CO[C@H]1O[C@H](Cn2nncc2COCCOCCOCCOCCOCCS[C@@H]2O[C@H](CO)[C@H](O)[C@H](O)[C@H]2O)[C@@H](O)[C@H](O)[C@H]1O. The van der Waals surface area contributed by atoms with E-state index in [0.29, 0.717) is 70.9 Å². The Bertz CT molecular complexity index is 919. The molecule has 0 aliphatic carbocycles. The third kappa shape index (κ3) is 12.1. The minimum atomic E-state index is -1.43. The number of aromatic nitrogens is 3. The van der Waals surface area contributed by atoms with Gasteiger partial charge in [0.15, 0.2) is 6.29 Å². The fourth-order valence-electron chi connectivity index (χ4n) is 4.46. The Hall–Kier alpha value is -1.11. The predicted molar refractivity (Wildman–Crippen MR) is 153 cm³/mol. The lowest BCUT2D eigenvalue weighted by Gasteiger charge is -2.39. The highest BCUT2D eigenvalue weighted by molar-refractivity contribution is 7.99. The molecule has 0 aromatic carbocycles. The van der Waals surface area contributed by atoms with Crippen molar-refractivity contribution in [2.24, 2.45) is 0 Å². The first-order chi connectivity index (χ1) is 21.8. The van der Waals surface area contributed by atoms with Gasteiger partial charge in [0.2, 0.25) is 0 Å². The van der Waals surface area contributed by atoms with Crippen LogP contribution in [0.5, 0.6) is 0 Å². The summed E-state index contributed by atoms with van der Waals surface area (Å²) in [5.74, 6) is 0.480. The molecule has 0 amide bonds. The summed E-state index contributed by atoms with van der Waals surface area (Å²) >= 11 is 1.23. The van der Waals surface area contributed by atoms with Gasteiger partial charge in [-0.15, -0.1) is 16.9 Å². The van der Waals surface area contributed by atoms with Crippen LogP contribution >= 0.6 is 11.8 Å². The number of aliphatic hydroxyl groups excluding tert-OH is 7. The number of rotatable bonds is 22. The molecule has 7 N–H and O–H groups in total. The number of thioether (sulfide) groups is 1. The van der Waals surface area contributed by atoms with Crippen molar-refractivity contribution in [1.29, 1.82) is 0 Å². The average molecular weight is 674 g/mol. The molecule has 2 aliphatic rings. The van der Waals surface area contributed by atoms with E-state index in [1.807, 2.05) is 0 Å². The van der Waals surface area contributed by atoms with Crippen LogP contribution in [-0.4, -0.2) is 190 Å². The molecule has 19 heteroatoms. The second-order valence-electron chi connectivity index (χ2n) is 10.2. The van der Waals surface area contributed by atoms with Gasteiger partial charge in [0.25, 0.3) is 0 Å². The van der Waals surface area contributed by atoms with E-state index in [2.05, 4.69) is 10.3 Å². The van der Waals surface area contributed by atoms with Crippen LogP contribution in [0, 0.1) is 0 Å². The van der Waals surface area contributed by atoms with Gasteiger partial charge in [-0.2, -0.15) is 0 Å². The molecule has 262 valence electrons. The highest BCUT2D eigenvalue weighted by Gasteiger charge is 2.45. The van der Waals surface area contributed by atoms with Gasteiger partial charge in [0.05, 0.1) is 91.1 Å². The van der Waals surface area contributed by atoms with E-state index < -0.39 is 67.2 Å². The Morgan fingerprint density at radius 2 is 1.27 bits per heavy atom. The van der Waals surface area contributed by atoms with Crippen molar-refractivity contribution in [2.75, 3.05) is 78.9 Å². The van der Waals surface area contributed by atoms with Crippen molar-refractivity contribution in [3.8, 4) is 0 Å². The summed E-state index contributed by atoms with van der Waals surface area (Å²) < 4.78 is 44.9. The van der Waals surface area contributed by atoms with E-state index in [1.165, 1.54) is 29.8 Å². The topological polar surface area (TPSA) is 246 Å². The number of hydrogen-bond donors (Lipinski definition) is 7. The van der Waals surface area contributed by atoms with E-state index in [-0.39, 0.29) is 13.2 Å². The van der Waals surface area contributed by atoms with E-state index in [1.54, 1.807) is 0 Å². The Morgan fingerprint density at radius 1 is 0.711 bits per heavy atom. The molecule has 0 radical (unpaired) electrons. The van der Waals surface area contributed by atoms with Crippen molar-refractivity contribution in [3.05, 3.63) is 11.9 Å². The van der Waals surface area contributed by atoms with Crippen molar-refractivity contribution >= 4 is 11.8 Å². The number of methoxy groups -OCH3 is 1. The first kappa shape index (κ1) is 38.3. The number of aliphatic hydroxyl groups is 7. The molecule has 2 aliphatic heterocycles. The molecule has 18 nitrogen and oxygen atoms in total. The average Bonchev–Trinajstić information content (AvgIpc) is 3.49.